The number of carbonyl (C=O) groups is 1. The van der Waals surface area contributed by atoms with Gasteiger partial charge in [0.05, 0.1) is 20.2 Å². The smallest absolute Gasteiger partial charge is 0.409 e. The number of phenols is 1. The number of amides is 1. The highest BCUT2D eigenvalue weighted by Gasteiger charge is 2.23. The zero-order valence-corrected chi connectivity index (χ0v) is 14.5. The predicted molar refractivity (Wildman–Crippen MR) is 97.2 cm³/mol. The standard InChI is InChI=1S/C19H17NO4S/c1-23-19(22)20-6-7-24-18-13(10-20)8-12(9-16(18)21)15-11-25-17-5-3-2-4-14(15)17/h2-5,8-9,11,21H,6-7,10H2,1H3. The molecule has 1 aliphatic rings. The molecule has 25 heavy (non-hydrogen) atoms. The third-order valence-electron chi connectivity index (χ3n) is 4.34. The Kier molecular flexibility index (Phi) is 3.97. The summed E-state index contributed by atoms with van der Waals surface area (Å²) >= 11 is 1.67. The molecule has 0 bridgehead atoms. The van der Waals surface area contributed by atoms with Gasteiger partial charge in [-0.3, -0.25) is 0 Å². The number of aromatic hydroxyl groups is 1. The maximum absolute atomic E-state index is 11.9. The van der Waals surface area contributed by atoms with Crippen LogP contribution in [-0.4, -0.2) is 36.4 Å². The number of ether oxygens (including phenoxy) is 2. The van der Waals surface area contributed by atoms with E-state index in [9.17, 15) is 9.90 Å². The minimum atomic E-state index is -0.401. The van der Waals surface area contributed by atoms with Crippen molar-refractivity contribution in [3.8, 4) is 22.6 Å². The number of fused-ring (bicyclic) bond motifs is 2. The van der Waals surface area contributed by atoms with Crippen LogP contribution in [0, 0.1) is 0 Å². The average Bonchev–Trinajstić information content (AvgIpc) is 2.93. The molecule has 0 atom stereocenters. The lowest BCUT2D eigenvalue weighted by molar-refractivity contribution is 0.117. The molecule has 6 heteroatoms. The second-order valence-corrected chi connectivity index (χ2v) is 6.78. The zero-order valence-electron chi connectivity index (χ0n) is 13.7. The van der Waals surface area contributed by atoms with E-state index < -0.39 is 6.09 Å². The van der Waals surface area contributed by atoms with Gasteiger partial charge in [0.25, 0.3) is 0 Å². The molecule has 1 N–H and O–H groups in total. The number of thiophene rings is 1. The lowest BCUT2D eigenvalue weighted by Crippen LogP contribution is -2.32. The van der Waals surface area contributed by atoms with Crippen molar-refractivity contribution in [3.05, 3.63) is 47.3 Å². The molecule has 128 valence electrons. The maximum Gasteiger partial charge on any atom is 0.409 e. The highest BCUT2D eigenvalue weighted by atomic mass is 32.1. The Hall–Kier alpha value is -2.73. The van der Waals surface area contributed by atoms with Crippen molar-refractivity contribution in [2.24, 2.45) is 0 Å². The molecule has 0 saturated heterocycles. The monoisotopic (exact) mass is 355 g/mol. The van der Waals surface area contributed by atoms with Crippen LogP contribution in [0.1, 0.15) is 5.56 Å². The molecule has 0 unspecified atom stereocenters. The lowest BCUT2D eigenvalue weighted by atomic mass is 10.0. The fourth-order valence-corrected chi connectivity index (χ4v) is 4.11. The van der Waals surface area contributed by atoms with Crippen molar-refractivity contribution in [1.29, 1.82) is 0 Å². The molecule has 0 aliphatic carbocycles. The van der Waals surface area contributed by atoms with Crippen LogP contribution in [0.5, 0.6) is 11.5 Å². The Labute approximate surface area is 149 Å². The zero-order chi connectivity index (χ0) is 17.4. The van der Waals surface area contributed by atoms with Gasteiger partial charge in [-0.1, -0.05) is 18.2 Å². The quantitative estimate of drug-likeness (QED) is 0.709. The van der Waals surface area contributed by atoms with Gasteiger partial charge in [-0.05, 0) is 29.1 Å². The number of rotatable bonds is 1. The van der Waals surface area contributed by atoms with Crippen molar-refractivity contribution >= 4 is 27.5 Å². The summed E-state index contributed by atoms with van der Waals surface area (Å²) in [4.78, 5) is 13.5. The van der Waals surface area contributed by atoms with Crippen molar-refractivity contribution < 1.29 is 19.4 Å². The Bertz CT molecular complexity index is 950. The normalized spacial score (nSPS) is 13.9. The van der Waals surface area contributed by atoms with Crippen molar-refractivity contribution in [3.63, 3.8) is 0 Å². The number of hydrogen-bond donors (Lipinski definition) is 1. The van der Waals surface area contributed by atoms with E-state index in [0.29, 0.717) is 25.4 Å². The van der Waals surface area contributed by atoms with E-state index in [4.69, 9.17) is 9.47 Å². The Morgan fingerprint density at radius 2 is 2.16 bits per heavy atom. The third-order valence-corrected chi connectivity index (χ3v) is 5.30. The Balaban J connectivity index is 1.80. The number of phenolic OH excluding ortho intramolecular Hbond substituents is 1. The molecule has 1 aliphatic heterocycles. The number of nitrogens with zero attached hydrogens (tertiary/aromatic N) is 1. The van der Waals surface area contributed by atoms with Crippen LogP contribution in [0.25, 0.3) is 21.2 Å². The first-order valence-corrected chi connectivity index (χ1v) is 8.83. The van der Waals surface area contributed by atoms with Crippen molar-refractivity contribution in [1.82, 2.24) is 4.90 Å². The summed E-state index contributed by atoms with van der Waals surface area (Å²) in [7, 11) is 1.36. The SMILES string of the molecule is COC(=O)N1CCOc2c(O)cc(-c3csc4ccccc34)cc2C1. The van der Waals surface area contributed by atoms with E-state index in [0.717, 1.165) is 22.1 Å². The molecule has 2 aromatic carbocycles. The number of methoxy groups -OCH3 is 1. The van der Waals surface area contributed by atoms with Gasteiger partial charge < -0.3 is 19.5 Å². The van der Waals surface area contributed by atoms with Gasteiger partial charge in [0, 0.05) is 21.2 Å². The lowest BCUT2D eigenvalue weighted by Gasteiger charge is -2.18. The largest absolute Gasteiger partial charge is 0.504 e. The van der Waals surface area contributed by atoms with Gasteiger partial charge >= 0.3 is 6.09 Å². The fraction of sp³-hybridized carbons (Fsp3) is 0.211. The van der Waals surface area contributed by atoms with Gasteiger partial charge in [0.2, 0.25) is 0 Å². The summed E-state index contributed by atoms with van der Waals surface area (Å²) in [6.07, 6.45) is -0.401. The maximum atomic E-state index is 11.9. The van der Waals surface area contributed by atoms with E-state index in [-0.39, 0.29) is 5.75 Å². The van der Waals surface area contributed by atoms with E-state index in [1.807, 2.05) is 18.2 Å². The molecule has 2 heterocycles. The van der Waals surface area contributed by atoms with Gasteiger partial charge in [-0.2, -0.15) is 0 Å². The van der Waals surface area contributed by atoms with Crippen LogP contribution in [-0.2, 0) is 11.3 Å². The first kappa shape index (κ1) is 15.8. The van der Waals surface area contributed by atoms with E-state index >= 15 is 0 Å². The second-order valence-electron chi connectivity index (χ2n) is 5.87. The third kappa shape index (κ3) is 2.78. The summed E-state index contributed by atoms with van der Waals surface area (Å²) in [6, 6.07) is 11.9. The molecule has 0 fully saturated rings. The first-order chi connectivity index (χ1) is 12.2. The van der Waals surface area contributed by atoms with E-state index in [1.54, 1.807) is 22.3 Å². The topological polar surface area (TPSA) is 59.0 Å². The first-order valence-electron chi connectivity index (χ1n) is 7.95. The minimum Gasteiger partial charge on any atom is -0.504 e. The molecule has 0 radical (unpaired) electrons. The molecule has 0 saturated carbocycles. The van der Waals surface area contributed by atoms with Crippen molar-refractivity contribution in [2.75, 3.05) is 20.3 Å². The van der Waals surface area contributed by atoms with Gasteiger partial charge in [-0.25, -0.2) is 4.79 Å². The molecular weight excluding hydrogens is 338 g/mol. The summed E-state index contributed by atoms with van der Waals surface area (Å²) < 4.78 is 11.7. The average molecular weight is 355 g/mol. The highest BCUT2D eigenvalue weighted by molar-refractivity contribution is 7.17. The predicted octanol–water partition coefficient (Wildman–Crippen LogP) is 4.23. The molecule has 4 rings (SSSR count). The van der Waals surface area contributed by atoms with Gasteiger partial charge in [0.1, 0.15) is 6.61 Å². The molecule has 0 spiro atoms. The number of hydrogen-bond acceptors (Lipinski definition) is 5. The second kappa shape index (κ2) is 6.29. The van der Waals surface area contributed by atoms with Gasteiger partial charge in [-0.15, -0.1) is 11.3 Å². The van der Waals surface area contributed by atoms with Crippen molar-refractivity contribution in [2.45, 2.75) is 6.54 Å². The summed E-state index contributed by atoms with van der Waals surface area (Å²) in [6.45, 7) is 1.07. The molecule has 5 nitrogen and oxygen atoms in total. The molecule has 3 aromatic rings. The Morgan fingerprint density at radius 3 is 3.00 bits per heavy atom. The molecule has 1 amide bonds. The summed E-state index contributed by atoms with van der Waals surface area (Å²) in [5.41, 5.74) is 2.74. The van der Waals surface area contributed by atoms with Crippen LogP contribution in [0.4, 0.5) is 4.79 Å². The Morgan fingerprint density at radius 1 is 1.32 bits per heavy atom. The van der Waals surface area contributed by atoms with Gasteiger partial charge in [0.15, 0.2) is 11.5 Å². The van der Waals surface area contributed by atoms with Crippen LogP contribution in [0.2, 0.25) is 0 Å². The van der Waals surface area contributed by atoms with E-state index in [2.05, 4.69) is 17.5 Å². The highest BCUT2D eigenvalue weighted by Crippen LogP contribution is 2.41. The van der Waals surface area contributed by atoms with Crippen LogP contribution in [0.3, 0.4) is 0 Å². The summed E-state index contributed by atoms with van der Waals surface area (Å²) in [5.74, 6) is 0.532. The van der Waals surface area contributed by atoms with E-state index in [1.165, 1.54) is 11.8 Å². The minimum absolute atomic E-state index is 0.0921. The fourth-order valence-electron chi connectivity index (χ4n) is 3.14. The summed E-state index contributed by atoms with van der Waals surface area (Å²) in [5, 5.41) is 13.7. The number of carbonyl (C=O) groups excluding carboxylic acids is 1. The molecule has 1 aromatic heterocycles. The van der Waals surface area contributed by atoms with Crippen LogP contribution < -0.4 is 4.74 Å². The number of benzene rings is 2. The van der Waals surface area contributed by atoms with Crippen LogP contribution in [0.15, 0.2) is 41.8 Å². The molecular formula is C19H17NO4S. The van der Waals surface area contributed by atoms with Crippen LogP contribution >= 0.6 is 11.3 Å².